The van der Waals surface area contributed by atoms with Gasteiger partial charge < -0.3 is 15.2 Å². The van der Waals surface area contributed by atoms with E-state index >= 15 is 0 Å². The smallest absolute Gasteiger partial charge is 0.352 e. The van der Waals surface area contributed by atoms with Gasteiger partial charge in [0.15, 0.2) is 0 Å². The second-order valence-corrected chi connectivity index (χ2v) is 5.70. The number of nitrogens with zero attached hydrogens (tertiary/aromatic N) is 2. The number of hydrogen-bond acceptors (Lipinski definition) is 6. The van der Waals surface area contributed by atoms with Crippen LogP contribution in [0.2, 0.25) is 0 Å². The molecule has 0 spiro atoms. The van der Waals surface area contributed by atoms with Gasteiger partial charge in [0.2, 0.25) is 5.91 Å². The number of β-lactam (4-membered cyclic amide) rings is 1. The van der Waals surface area contributed by atoms with Crippen LogP contribution < -0.4 is 5.32 Å². The number of hydrogen-bond donors (Lipinski definition) is 2. The molecule has 2 N–H and O–H groups in total. The molecule has 3 atom stereocenters. The first-order valence-electron chi connectivity index (χ1n) is 6.04. The molecular weight excluding hydrogens is 298 g/mol. The number of fused-ring (bicyclic) bond motifs is 1. The molecule has 0 aromatic heterocycles. The zero-order chi connectivity index (χ0) is 15.7. The summed E-state index contributed by atoms with van der Waals surface area (Å²) in [6.07, 6.45) is -0.352. The summed E-state index contributed by atoms with van der Waals surface area (Å²) in [7, 11) is 1.44. The van der Waals surface area contributed by atoms with E-state index in [4.69, 9.17) is 10.00 Å². The van der Waals surface area contributed by atoms with Gasteiger partial charge in [-0.05, 0) is 12.5 Å². The van der Waals surface area contributed by atoms with Crippen LogP contribution >= 0.6 is 11.8 Å². The molecule has 2 rings (SSSR count). The minimum Gasteiger partial charge on any atom is -0.477 e. The second-order valence-electron chi connectivity index (χ2n) is 4.52. The molecule has 21 heavy (non-hydrogen) atoms. The normalized spacial score (nSPS) is 27.6. The zero-order valence-corrected chi connectivity index (χ0v) is 12.1. The molecule has 0 bridgehead atoms. The molecule has 2 amide bonds. The molecule has 8 nitrogen and oxygen atoms in total. The largest absolute Gasteiger partial charge is 0.477 e. The predicted octanol–water partition coefficient (Wildman–Crippen LogP) is -0.369. The minimum absolute atomic E-state index is 0.110. The zero-order valence-electron chi connectivity index (χ0n) is 11.3. The van der Waals surface area contributed by atoms with Crippen LogP contribution in [0.15, 0.2) is 11.3 Å². The number of ether oxygens (including phenoxy) is 1. The Kier molecular flexibility index (Phi) is 4.20. The van der Waals surface area contributed by atoms with Crippen molar-refractivity contribution in [3.05, 3.63) is 11.3 Å². The number of carboxylic acid groups (broad SMARTS) is 1. The Morgan fingerprint density at radius 3 is 2.76 bits per heavy atom. The van der Waals surface area contributed by atoms with E-state index in [0.717, 1.165) is 4.90 Å². The maximum absolute atomic E-state index is 12.1. The Hall–Kier alpha value is -2.05. The van der Waals surface area contributed by atoms with E-state index in [1.807, 2.05) is 0 Å². The van der Waals surface area contributed by atoms with E-state index in [0.29, 0.717) is 5.57 Å². The quantitative estimate of drug-likeness (QED) is 0.680. The third kappa shape index (κ3) is 2.48. The van der Waals surface area contributed by atoms with E-state index in [-0.39, 0.29) is 12.1 Å². The van der Waals surface area contributed by atoms with Crippen molar-refractivity contribution >= 4 is 29.5 Å². The van der Waals surface area contributed by atoms with Gasteiger partial charge in [0.25, 0.3) is 5.91 Å². The number of methoxy groups -OCH3 is 1. The van der Waals surface area contributed by atoms with Gasteiger partial charge in [-0.15, -0.1) is 0 Å². The minimum atomic E-state index is -1.21. The first-order valence-corrected chi connectivity index (χ1v) is 6.98. The summed E-state index contributed by atoms with van der Waals surface area (Å²) in [6, 6.07) is 0.853. The molecular formula is C12H13N3O5S. The molecule has 2 aliphatic heterocycles. The van der Waals surface area contributed by atoms with Gasteiger partial charge in [-0.25, -0.2) is 4.79 Å². The number of carbonyl (C=O) groups excluding carboxylic acids is 2. The van der Waals surface area contributed by atoms with Crippen molar-refractivity contribution in [1.82, 2.24) is 10.2 Å². The standard InChI is InChI=1S/C12H13N3O5S/c1-5-8(11(18)19)15-9(17)7(14-6(16)3-4-13)10(15)21-12(5)20-2/h7,10,12H,3H2,1-2H3,(H,14,16)(H,18,19)/t7-,10-,12-/m0/s1. The van der Waals surface area contributed by atoms with Gasteiger partial charge in [-0.1, -0.05) is 11.8 Å². The van der Waals surface area contributed by atoms with Gasteiger partial charge in [-0.3, -0.25) is 14.5 Å². The van der Waals surface area contributed by atoms with Crippen molar-refractivity contribution in [2.75, 3.05) is 7.11 Å². The number of carboxylic acids is 1. The number of aliphatic carboxylic acids is 1. The third-order valence-electron chi connectivity index (χ3n) is 3.25. The van der Waals surface area contributed by atoms with Gasteiger partial charge in [0, 0.05) is 7.11 Å². The first-order chi connectivity index (χ1) is 9.92. The van der Waals surface area contributed by atoms with Gasteiger partial charge in [-0.2, -0.15) is 5.26 Å². The van der Waals surface area contributed by atoms with Crippen LogP contribution in [0.1, 0.15) is 13.3 Å². The highest BCUT2D eigenvalue weighted by molar-refractivity contribution is 8.00. The van der Waals surface area contributed by atoms with Gasteiger partial charge >= 0.3 is 5.97 Å². The van der Waals surface area contributed by atoms with E-state index in [9.17, 15) is 19.5 Å². The van der Waals surface area contributed by atoms with Crippen molar-refractivity contribution < 1.29 is 24.2 Å². The first kappa shape index (κ1) is 15.3. The van der Waals surface area contributed by atoms with Crippen molar-refractivity contribution in [1.29, 1.82) is 5.26 Å². The van der Waals surface area contributed by atoms with Crippen molar-refractivity contribution in [3.63, 3.8) is 0 Å². The van der Waals surface area contributed by atoms with E-state index in [1.165, 1.54) is 18.9 Å². The van der Waals surface area contributed by atoms with Crippen molar-refractivity contribution in [2.24, 2.45) is 0 Å². The molecule has 1 saturated heterocycles. The Morgan fingerprint density at radius 1 is 1.57 bits per heavy atom. The van der Waals surface area contributed by atoms with E-state index in [1.54, 1.807) is 13.0 Å². The average Bonchev–Trinajstić information content (AvgIpc) is 2.44. The highest BCUT2D eigenvalue weighted by Crippen LogP contribution is 2.44. The monoisotopic (exact) mass is 311 g/mol. The molecule has 0 aliphatic carbocycles. The lowest BCUT2D eigenvalue weighted by molar-refractivity contribution is -0.151. The molecule has 9 heteroatoms. The molecule has 2 heterocycles. The lowest BCUT2D eigenvalue weighted by Gasteiger charge is -2.50. The number of nitrogens with one attached hydrogen (secondary N) is 1. The molecule has 1 fully saturated rings. The maximum atomic E-state index is 12.1. The molecule has 0 aromatic carbocycles. The second kappa shape index (κ2) is 5.75. The van der Waals surface area contributed by atoms with Crippen LogP contribution in [0.4, 0.5) is 0 Å². The summed E-state index contributed by atoms with van der Waals surface area (Å²) in [5.41, 5.74) is -0.163. The van der Waals surface area contributed by atoms with Crippen LogP contribution in [-0.4, -0.2) is 51.8 Å². The van der Waals surface area contributed by atoms with Crippen LogP contribution in [0.5, 0.6) is 0 Å². The highest BCUT2D eigenvalue weighted by Gasteiger charge is 2.55. The fraction of sp³-hybridized carbons (Fsp3) is 0.500. The molecule has 0 saturated carbocycles. The summed E-state index contributed by atoms with van der Waals surface area (Å²) in [5, 5.41) is 19.6. The predicted molar refractivity (Wildman–Crippen MR) is 71.5 cm³/mol. The van der Waals surface area contributed by atoms with Gasteiger partial charge in [0.05, 0.1) is 6.07 Å². The average molecular weight is 311 g/mol. The van der Waals surface area contributed by atoms with Crippen LogP contribution in [-0.2, 0) is 19.1 Å². The van der Waals surface area contributed by atoms with Crippen LogP contribution in [0, 0.1) is 11.3 Å². The summed E-state index contributed by atoms with van der Waals surface area (Å²) in [6.45, 7) is 1.59. The fourth-order valence-electron chi connectivity index (χ4n) is 2.30. The fourth-order valence-corrected chi connectivity index (χ4v) is 3.66. The number of nitriles is 1. The Bertz CT molecular complexity index is 582. The number of amides is 2. The SMILES string of the molecule is CO[C@H]1S[C@H]2[C@@H](NC(=O)CC#N)C(=O)N2C(C(=O)O)=C1C. The Balaban J connectivity index is 2.24. The van der Waals surface area contributed by atoms with Crippen molar-refractivity contribution in [2.45, 2.75) is 30.2 Å². The molecule has 2 aliphatic rings. The Labute approximate surface area is 124 Å². The van der Waals surface area contributed by atoms with Crippen LogP contribution in [0.3, 0.4) is 0 Å². The number of thioether (sulfide) groups is 1. The topological polar surface area (TPSA) is 120 Å². The molecule has 0 unspecified atom stereocenters. The summed E-state index contributed by atoms with van der Waals surface area (Å²) < 4.78 is 5.21. The van der Waals surface area contributed by atoms with E-state index in [2.05, 4.69) is 5.32 Å². The lowest BCUT2D eigenvalue weighted by Crippen LogP contribution is -2.71. The number of carbonyl (C=O) groups is 3. The summed E-state index contributed by atoms with van der Waals surface area (Å²) in [4.78, 5) is 36.0. The number of rotatable bonds is 4. The Morgan fingerprint density at radius 2 is 2.24 bits per heavy atom. The lowest BCUT2D eigenvalue weighted by atomic mass is 10.0. The third-order valence-corrected chi connectivity index (χ3v) is 4.80. The highest BCUT2D eigenvalue weighted by atomic mass is 32.2. The van der Waals surface area contributed by atoms with E-state index < -0.39 is 34.6 Å². The van der Waals surface area contributed by atoms with Crippen LogP contribution in [0.25, 0.3) is 0 Å². The maximum Gasteiger partial charge on any atom is 0.352 e. The molecule has 0 radical (unpaired) electrons. The van der Waals surface area contributed by atoms with Crippen molar-refractivity contribution in [3.8, 4) is 6.07 Å². The molecule has 0 aromatic rings. The summed E-state index contributed by atoms with van der Waals surface area (Å²) >= 11 is 1.25. The van der Waals surface area contributed by atoms with Gasteiger partial charge in [0.1, 0.15) is 29.0 Å². The summed E-state index contributed by atoms with van der Waals surface area (Å²) in [5.74, 6) is -2.27. The molecule has 112 valence electrons.